The van der Waals surface area contributed by atoms with Gasteiger partial charge in [0.1, 0.15) is 11.5 Å². The van der Waals surface area contributed by atoms with Crippen molar-refractivity contribution in [3.63, 3.8) is 0 Å². The van der Waals surface area contributed by atoms with Crippen molar-refractivity contribution in [1.29, 1.82) is 0 Å². The topological polar surface area (TPSA) is 75.7 Å². The van der Waals surface area contributed by atoms with Gasteiger partial charge in [-0.1, -0.05) is 30.3 Å². The highest BCUT2D eigenvalue weighted by molar-refractivity contribution is 7.15. The molecule has 0 unspecified atom stereocenters. The van der Waals surface area contributed by atoms with Crippen LogP contribution >= 0.6 is 11.3 Å². The lowest BCUT2D eigenvalue weighted by Crippen LogP contribution is -2.49. The van der Waals surface area contributed by atoms with Crippen LogP contribution in [0.5, 0.6) is 0 Å². The molecular weight excluding hydrogens is 527 g/mol. The molecule has 10 heteroatoms. The minimum atomic E-state index is -0.260. The van der Waals surface area contributed by atoms with Gasteiger partial charge in [-0.3, -0.25) is 14.0 Å². The van der Waals surface area contributed by atoms with Crippen LogP contribution in [0.2, 0.25) is 0 Å². The van der Waals surface area contributed by atoms with Gasteiger partial charge in [-0.25, -0.2) is 14.1 Å². The molecular formula is C30H29FN6O2S. The third kappa shape index (κ3) is 4.58. The molecule has 0 spiro atoms. The third-order valence-corrected chi connectivity index (χ3v) is 8.34. The molecule has 40 heavy (non-hydrogen) atoms. The van der Waals surface area contributed by atoms with Gasteiger partial charge in [0.2, 0.25) is 5.91 Å². The van der Waals surface area contributed by atoms with Gasteiger partial charge in [-0.05, 0) is 50.6 Å². The monoisotopic (exact) mass is 556 g/mol. The van der Waals surface area contributed by atoms with Crippen LogP contribution in [-0.4, -0.2) is 56.2 Å². The first-order valence-electron chi connectivity index (χ1n) is 13.2. The number of carbonyl (C=O) groups is 1. The Morgan fingerprint density at radius 3 is 2.40 bits per heavy atom. The number of aromatic nitrogens is 4. The summed E-state index contributed by atoms with van der Waals surface area (Å²) in [5.41, 5.74) is 5.45. The van der Waals surface area contributed by atoms with Gasteiger partial charge in [0.05, 0.1) is 29.1 Å². The number of nitrogens with zero attached hydrogens (tertiary/aromatic N) is 6. The van der Waals surface area contributed by atoms with Crippen molar-refractivity contribution in [2.24, 2.45) is 0 Å². The highest BCUT2D eigenvalue weighted by atomic mass is 32.1. The molecule has 0 bridgehead atoms. The number of anilines is 1. The van der Waals surface area contributed by atoms with Crippen molar-refractivity contribution >= 4 is 27.9 Å². The molecule has 0 atom stereocenters. The second kappa shape index (κ2) is 10.3. The van der Waals surface area contributed by atoms with E-state index in [1.165, 1.54) is 17.4 Å². The summed E-state index contributed by atoms with van der Waals surface area (Å²) in [4.78, 5) is 36.1. The SMILES string of the molecule is Cc1ccccc1-n1nc(-c2c(C)nc3scc(CC(=O)N4CCN(c5ccccc5F)CC4)n3c2=O)cc1C. The summed E-state index contributed by atoms with van der Waals surface area (Å²) < 4.78 is 17.6. The zero-order valence-corrected chi connectivity index (χ0v) is 23.4. The second-order valence-corrected chi connectivity index (χ2v) is 10.9. The quantitative estimate of drug-likeness (QED) is 0.317. The fourth-order valence-electron chi connectivity index (χ4n) is 5.34. The lowest BCUT2D eigenvalue weighted by Gasteiger charge is -2.36. The lowest BCUT2D eigenvalue weighted by molar-refractivity contribution is -0.130. The van der Waals surface area contributed by atoms with Gasteiger partial charge in [-0.15, -0.1) is 11.3 Å². The van der Waals surface area contributed by atoms with E-state index < -0.39 is 0 Å². The molecule has 204 valence electrons. The molecule has 8 nitrogen and oxygen atoms in total. The number of aryl methyl sites for hydroxylation is 3. The van der Waals surface area contributed by atoms with Crippen LogP contribution in [0.3, 0.4) is 0 Å². The van der Waals surface area contributed by atoms with Crippen LogP contribution in [0.4, 0.5) is 10.1 Å². The van der Waals surface area contributed by atoms with Crippen LogP contribution in [-0.2, 0) is 11.2 Å². The number of amides is 1. The maximum Gasteiger partial charge on any atom is 0.268 e. The number of para-hydroxylation sites is 2. The third-order valence-electron chi connectivity index (χ3n) is 7.47. The predicted molar refractivity (Wildman–Crippen MR) is 155 cm³/mol. The number of hydrogen-bond acceptors (Lipinski definition) is 6. The van der Waals surface area contributed by atoms with E-state index in [0.717, 1.165) is 16.9 Å². The summed E-state index contributed by atoms with van der Waals surface area (Å²) in [5.74, 6) is -0.328. The number of rotatable bonds is 5. The minimum Gasteiger partial charge on any atom is -0.366 e. The van der Waals surface area contributed by atoms with E-state index in [2.05, 4.69) is 0 Å². The first-order valence-corrected chi connectivity index (χ1v) is 14.1. The molecule has 1 aliphatic heterocycles. The summed E-state index contributed by atoms with van der Waals surface area (Å²) in [5, 5.41) is 6.62. The van der Waals surface area contributed by atoms with E-state index in [4.69, 9.17) is 10.1 Å². The Morgan fingerprint density at radius 2 is 1.68 bits per heavy atom. The zero-order chi connectivity index (χ0) is 28.0. The molecule has 6 rings (SSSR count). The molecule has 0 saturated carbocycles. The van der Waals surface area contributed by atoms with Crippen LogP contribution < -0.4 is 10.5 Å². The molecule has 1 saturated heterocycles. The number of carbonyl (C=O) groups excluding carboxylic acids is 1. The average Bonchev–Trinajstić information content (AvgIpc) is 3.52. The molecule has 3 aromatic heterocycles. The van der Waals surface area contributed by atoms with Crippen LogP contribution in [0, 0.1) is 26.6 Å². The first-order chi connectivity index (χ1) is 19.3. The fourth-order valence-corrected chi connectivity index (χ4v) is 6.26. The van der Waals surface area contributed by atoms with E-state index in [9.17, 15) is 14.0 Å². The van der Waals surface area contributed by atoms with Crippen molar-refractivity contribution in [3.8, 4) is 16.9 Å². The minimum absolute atomic E-state index is 0.0680. The van der Waals surface area contributed by atoms with Gasteiger partial charge in [0, 0.05) is 42.9 Å². The molecule has 1 aliphatic rings. The summed E-state index contributed by atoms with van der Waals surface area (Å²) in [7, 11) is 0. The maximum atomic E-state index is 14.2. The molecule has 2 aromatic carbocycles. The summed E-state index contributed by atoms with van der Waals surface area (Å²) in [6, 6.07) is 16.6. The second-order valence-electron chi connectivity index (χ2n) is 10.1. The van der Waals surface area contributed by atoms with Crippen molar-refractivity contribution in [2.75, 3.05) is 31.1 Å². The Hall–Kier alpha value is -4.31. The molecule has 4 heterocycles. The number of fused-ring (bicyclic) bond motifs is 1. The summed E-state index contributed by atoms with van der Waals surface area (Å²) >= 11 is 1.35. The Bertz CT molecular complexity index is 1800. The number of benzene rings is 2. The van der Waals surface area contributed by atoms with Crippen molar-refractivity contribution in [1.82, 2.24) is 24.1 Å². The Balaban J connectivity index is 1.26. The van der Waals surface area contributed by atoms with Crippen molar-refractivity contribution < 1.29 is 9.18 Å². The normalized spacial score (nSPS) is 13.8. The number of piperazine rings is 1. The fraction of sp³-hybridized carbons (Fsp3) is 0.267. The Labute approximate surface area is 234 Å². The number of hydrogen-bond donors (Lipinski definition) is 0. The average molecular weight is 557 g/mol. The van der Waals surface area contributed by atoms with Crippen molar-refractivity contribution in [2.45, 2.75) is 27.2 Å². The van der Waals surface area contributed by atoms with Gasteiger partial charge < -0.3 is 9.80 Å². The first kappa shape index (κ1) is 25.9. The maximum absolute atomic E-state index is 14.2. The molecule has 5 aromatic rings. The predicted octanol–water partition coefficient (Wildman–Crippen LogP) is 4.56. The molecule has 1 fully saturated rings. The molecule has 0 N–H and O–H groups in total. The standard InChI is InChI=1S/C30H29FN6O2S/c1-19-8-4-6-10-25(19)37-20(2)16-24(33-37)28-21(3)32-30-36(29(28)39)22(18-40-30)17-27(38)35-14-12-34(13-15-35)26-11-7-5-9-23(26)31/h4-11,16,18H,12-15,17H2,1-3H3. The van der Waals surface area contributed by atoms with E-state index in [-0.39, 0.29) is 23.7 Å². The van der Waals surface area contributed by atoms with E-state index >= 15 is 0 Å². The Morgan fingerprint density at radius 1 is 0.975 bits per heavy atom. The molecule has 0 radical (unpaired) electrons. The Kier molecular flexibility index (Phi) is 6.71. The van der Waals surface area contributed by atoms with E-state index in [1.54, 1.807) is 21.4 Å². The molecule has 1 amide bonds. The van der Waals surface area contributed by atoms with Gasteiger partial charge >= 0.3 is 0 Å². The van der Waals surface area contributed by atoms with Crippen LogP contribution in [0.25, 0.3) is 21.9 Å². The van der Waals surface area contributed by atoms with E-state index in [0.29, 0.717) is 59.5 Å². The van der Waals surface area contributed by atoms with Crippen LogP contribution in [0.1, 0.15) is 22.6 Å². The number of thiazole rings is 1. The highest BCUT2D eigenvalue weighted by Crippen LogP contribution is 2.25. The molecule has 0 aliphatic carbocycles. The number of halogens is 1. The van der Waals surface area contributed by atoms with E-state index in [1.807, 2.05) is 72.1 Å². The summed E-state index contributed by atoms with van der Waals surface area (Å²) in [6.45, 7) is 7.87. The van der Waals surface area contributed by atoms with Gasteiger partial charge in [-0.2, -0.15) is 5.10 Å². The smallest absolute Gasteiger partial charge is 0.268 e. The zero-order valence-electron chi connectivity index (χ0n) is 22.6. The van der Waals surface area contributed by atoms with Crippen molar-refractivity contribution in [3.05, 3.63) is 98.8 Å². The summed E-state index contributed by atoms with van der Waals surface area (Å²) in [6.07, 6.45) is 0.0838. The highest BCUT2D eigenvalue weighted by Gasteiger charge is 2.25. The largest absolute Gasteiger partial charge is 0.366 e. The van der Waals surface area contributed by atoms with Gasteiger partial charge in [0.15, 0.2) is 4.96 Å². The lowest BCUT2D eigenvalue weighted by atomic mass is 10.1. The van der Waals surface area contributed by atoms with Gasteiger partial charge in [0.25, 0.3) is 5.56 Å². The van der Waals surface area contributed by atoms with Crippen LogP contribution in [0.15, 0.2) is 64.8 Å².